The number of rotatable bonds is 5. The van der Waals surface area contributed by atoms with Crippen LogP contribution in [0.4, 0.5) is 5.13 Å². The van der Waals surface area contributed by atoms with Gasteiger partial charge in [-0.25, -0.2) is 4.98 Å². The first-order chi connectivity index (χ1) is 11.6. The summed E-state index contributed by atoms with van der Waals surface area (Å²) in [6.45, 7) is -0.0658. The van der Waals surface area contributed by atoms with E-state index in [1.165, 1.54) is 11.3 Å². The largest absolute Gasteiger partial charge is 0.484 e. The van der Waals surface area contributed by atoms with Crippen LogP contribution in [0.15, 0.2) is 62.9 Å². The van der Waals surface area contributed by atoms with Gasteiger partial charge >= 0.3 is 0 Å². The Morgan fingerprint density at radius 3 is 2.67 bits per heavy atom. The smallest absolute Gasteiger partial charge is 0.264 e. The third-order valence-electron chi connectivity index (χ3n) is 3.06. The van der Waals surface area contributed by atoms with Gasteiger partial charge in [-0.2, -0.15) is 0 Å². The van der Waals surface area contributed by atoms with Crippen molar-refractivity contribution in [2.24, 2.45) is 0 Å². The van der Waals surface area contributed by atoms with Crippen LogP contribution >= 0.6 is 43.2 Å². The molecule has 1 heterocycles. The molecule has 0 aliphatic carbocycles. The molecule has 0 aliphatic heterocycles. The van der Waals surface area contributed by atoms with Gasteiger partial charge in [0.15, 0.2) is 11.7 Å². The van der Waals surface area contributed by atoms with Crippen molar-refractivity contribution in [3.05, 3.63) is 62.9 Å². The molecule has 1 aromatic heterocycles. The number of anilines is 1. The molecule has 7 heteroatoms. The molecule has 3 rings (SSSR count). The molecule has 0 saturated heterocycles. The minimum Gasteiger partial charge on any atom is -0.484 e. The summed E-state index contributed by atoms with van der Waals surface area (Å²) in [5, 5.41) is 5.21. The number of thiazole rings is 1. The van der Waals surface area contributed by atoms with Crippen molar-refractivity contribution in [2.45, 2.75) is 0 Å². The molecule has 4 nitrogen and oxygen atoms in total. The van der Waals surface area contributed by atoms with E-state index in [0.717, 1.165) is 20.2 Å². The number of ether oxygens (including phenoxy) is 1. The molecule has 3 aromatic rings. The van der Waals surface area contributed by atoms with Crippen molar-refractivity contribution < 1.29 is 9.53 Å². The average molecular weight is 468 g/mol. The van der Waals surface area contributed by atoms with Crippen LogP contribution in [-0.4, -0.2) is 17.5 Å². The Hall–Kier alpha value is -1.70. The third kappa shape index (κ3) is 4.66. The lowest BCUT2D eigenvalue weighted by atomic mass is 10.2. The van der Waals surface area contributed by atoms with Crippen LogP contribution in [0.3, 0.4) is 0 Å². The highest BCUT2D eigenvalue weighted by atomic mass is 79.9. The number of halogens is 2. The SMILES string of the molecule is O=C(COc1cccc(Br)c1)Nc1nc(-c2ccc(Br)cc2)cs1. The zero-order chi connectivity index (χ0) is 16.9. The van der Waals surface area contributed by atoms with Gasteiger partial charge in [-0.15, -0.1) is 11.3 Å². The van der Waals surface area contributed by atoms with Crippen molar-refractivity contribution in [1.82, 2.24) is 4.98 Å². The predicted octanol–water partition coefficient (Wildman–Crippen LogP) is 5.35. The molecule has 0 atom stereocenters. The summed E-state index contributed by atoms with van der Waals surface area (Å²) in [7, 11) is 0. The van der Waals surface area contributed by atoms with E-state index in [1.807, 2.05) is 47.8 Å². The molecule has 122 valence electrons. The molecule has 1 amide bonds. The highest BCUT2D eigenvalue weighted by Gasteiger charge is 2.09. The monoisotopic (exact) mass is 466 g/mol. The molecule has 2 aromatic carbocycles. The average Bonchev–Trinajstić information content (AvgIpc) is 3.02. The number of nitrogens with one attached hydrogen (secondary N) is 1. The number of benzene rings is 2. The Morgan fingerprint density at radius 2 is 1.92 bits per heavy atom. The Labute approximate surface area is 160 Å². The van der Waals surface area contributed by atoms with Gasteiger partial charge in [-0.3, -0.25) is 10.1 Å². The number of nitrogens with zero attached hydrogens (tertiary/aromatic N) is 1. The molecule has 1 N–H and O–H groups in total. The molecular formula is C17H12Br2N2O2S. The van der Waals surface area contributed by atoms with Gasteiger partial charge in [0.1, 0.15) is 5.75 Å². The van der Waals surface area contributed by atoms with Crippen LogP contribution in [0, 0.1) is 0 Å². The number of carbonyl (C=O) groups excluding carboxylic acids is 1. The zero-order valence-corrected chi connectivity index (χ0v) is 16.3. The number of hydrogen-bond donors (Lipinski definition) is 1. The van der Waals surface area contributed by atoms with E-state index in [1.54, 1.807) is 6.07 Å². The Morgan fingerprint density at radius 1 is 1.12 bits per heavy atom. The van der Waals surface area contributed by atoms with Gasteiger partial charge < -0.3 is 4.74 Å². The number of carbonyl (C=O) groups is 1. The van der Waals surface area contributed by atoms with Crippen LogP contribution in [0.2, 0.25) is 0 Å². The second-order valence-electron chi connectivity index (χ2n) is 4.84. The van der Waals surface area contributed by atoms with Gasteiger partial charge in [0.25, 0.3) is 5.91 Å². The summed E-state index contributed by atoms with van der Waals surface area (Å²) < 4.78 is 7.37. The van der Waals surface area contributed by atoms with E-state index in [9.17, 15) is 4.79 Å². The van der Waals surface area contributed by atoms with Gasteiger partial charge in [0.2, 0.25) is 0 Å². The summed E-state index contributed by atoms with van der Waals surface area (Å²) in [6.07, 6.45) is 0. The standard InChI is InChI=1S/C17H12Br2N2O2S/c18-12-6-4-11(5-7-12)15-10-24-17(20-15)21-16(22)9-23-14-3-1-2-13(19)8-14/h1-8,10H,9H2,(H,20,21,22). The second kappa shape index (κ2) is 7.92. The first kappa shape index (κ1) is 17.1. The summed E-state index contributed by atoms with van der Waals surface area (Å²) in [5.41, 5.74) is 1.83. The molecule has 0 bridgehead atoms. The van der Waals surface area contributed by atoms with E-state index in [4.69, 9.17) is 4.74 Å². The fourth-order valence-corrected chi connectivity index (χ4v) is 3.32. The quantitative estimate of drug-likeness (QED) is 0.550. The topological polar surface area (TPSA) is 51.2 Å². The van der Waals surface area contributed by atoms with Crippen molar-refractivity contribution in [3.63, 3.8) is 0 Å². The molecule has 0 saturated carbocycles. The predicted molar refractivity (Wildman–Crippen MR) is 104 cm³/mol. The Balaban J connectivity index is 1.58. The van der Waals surface area contributed by atoms with E-state index < -0.39 is 0 Å². The van der Waals surface area contributed by atoms with E-state index >= 15 is 0 Å². The summed E-state index contributed by atoms with van der Waals surface area (Å²) in [5.74, 6) is 0.390. The molecular weight excluding hydrogens is 456 g/mol. The maximum absolute atomic E-state index is 12.0. The van der Waals surface area contributed by atoms with Crippen LogP contribution in [-0.2, 0) is 4.79 Å². The van der Waals surface area contributed by atoms with Crippen molar-refractivity contribution in [3.8, 4) is 17.0 Å². The summed E-state index contributed by atoms with van der Waals surface area (Å²) >= 11 is 8.15. The van der Waals surface area contributed by atoms with Crippen LogP contribution in [0.25, 0.3) is 11.3 Å². The first-order valence-electron chi connectivity index (χ1n) is 7.00. The fraction of sp³-hybridized carbons (Fsp3) is 0.0588. The summed E-state index contributed by atoms with van der Waals surface area (Å²) in [6, 6.07) is 15.2. The van der Waals surface area contributed by atoms with Crippen LogP contribution in [0.1, 0.15) is 0 Å². The van der Waals surface area contributed by atoms with E-state index in [2.05, 4.69) is 42.2 Å². The molecule has 0 spiro atoms. The minimum absolute atomic E-state index is 0.0658. The van der Waals surface area contributed by atoms with Crippen molar-refractivity contribution in [1.29, 1.82) is 0 Å². The number of hydrogen-bond acceptors (Lipinski definition) is 4. The van der Waals surface area contributed by atoms with Gasteiger partial charge in [0, 0.05) is 19.9 Å². The number of amides is 1. The molecule has 0 unspecified atom stereocenters. The lowest BCUT2D eigenvalue weighted by Gasteiger charge is -2.06. The highest BCUT2D eigenvalue weighted by molar-refractivity contribution is 9.10. The molecule has 24 heavy (non-hydrogen) atoms. The summed E-state index contributed by atoms with van der Waals surface area (Å²) in [4.78, 5) is 16.4. The molecule has 0 radical (unpaired) electrons. The van der Waals surface area contributed by atoms with Crippen molar-refractivity contribution in [2.75, 3.05) is 11.9 Å². The van der Waals surface area contributed by atoms with Crippen LogP contribution < -0.4 is 10.1 Å². The third-order valence-corrected chi connectivity index (χ3v) is 4.84. The normalized spacial score (nSPS) is 10.4. The first-order valence-corrected chi connectivity index (χ1v) is 9.46. The zero-order valence-electron chi connectivity index (χ0n) is 12.3. The van der Waals surface area contributed by atoms with Gasteiger partial charge in [-0.1, -0.05) is 50.1 Å². The lowest BCUT2D eigenvalue weighted by molar-refractivity contribution is -0.118. The number of aromatic nitrogens is 1. The van der Waals surface area contributed by atoms with Crippen molar-refractivity contribution >= 4 is 54.2 Å². The molecule has 0 aliphatic rings. The maximum Gasteiger partial charge on any atom is 0.264 e. The highest BCUT2D eigenvalue weighted by Crippen LogP contribution is 2.26. The Bertz CT molecular complexity index is 850. The maximum atomic E-state index is 12.0. The minimum atomic E-state index is -0.244. The lowest BCUT2D eigenvalue weighted by Crippen LogP contribution is -2.20. The van der Waals surface area contributed by atoms with E-state index in [-0.39, 0.29) is 12.5 Å². The second-order valence-corrected chi connectivity index (χ2v) is 7.53. The van der Waals surface area contributed by atoms with E-state index in [0.29, 0.717) is 10.9 Å². The van der Waals surface area contributed by atoms with Gasteiger partial charge in [0.05, 0.1) is 5.69 Å². The molecule has 0 fully saturated rings. The Kier molecular flexibility index (Phi) is 5.65. The van der Waals surface area contributed by atoms with Gasteiger partial charge in [-0.05, 0) is 30.3 Å². The van der Waals surface area contributed by atoms with Crippen LogP contribution in [0.5, 0.6) is 5.75 Å². The fourth-order valence-electron chi connectivity index (χ4n) is 1.95.